The van der Waals surface area contributed by atoms with E-state index >= 15 is 0 Å². The van der Waals surface area contributed by atoms with Crippen molar-refractivity contribution in [2.75, 3.05) is 0 Å². The Kier molecular flexibility index (Phi) is 3.66. The minimum atomic E-state index is -0.820. The summed E-state index contributed by atoms with van der Waals surface area (Å²) in [5.74, 6) is 0.155. The number of carbonyl (C=O) groups is 1. The summed E-state index contributed by atoms with van der Waals surface area (Å²) >= 11 is 0. The van der Waals surface area contributed by atoms with Crippen molar-refractivity contribution in [1.82, 2.24) is 15.1 Å². The van der Waals surface area contributed by atoms with E-state index in [1.807, 2.05) is 13.0 Å². The summed E-state index contributed by atoms with van der Waals surface area (Å²) in [4.78, 5) is 18.6. The van der Waals surface area contributed by atoms with Crippen LogP contribution in [0.2, 0.25) is 0 Å². The SMILES string of the molecule is Cc1cnccc1-c1noc(CCCC(=O)O)n1. The zero-order valence-electron chi connectivity index (χ0n) is 9.96. The summed E-state index contributed by atoms with van der Waals surface area (Å²) in [6, 6.07) is 1.82. The van der Waals surface area contributed by atoms with Gasteiger partial charge in [-0.25, -0.2) is 0 Å². The minimum Gasteiger partial charge on any atom is -0.481 e. The molecule has 0 saturated carbocycles. The Bertz CT molecular complexity index is 551. The van der Waals surface area contributed by atoms with E-state index in [0.29, 0.717) is 24.6 Å². The molecular weight excluding hydrogens is 234 g/mol. The highest BCUT2D eigenvalue weighted by Crippen LogP contribution is 2.19. The van der Waals surface area contributed by atoms with Gasteiger partial charge in [0.1, 0.15) is 0 Å². The van der Waals surface area contributed by atoms with Crippen molar-refractivity contribution in [3.05, 3.63) is 29.9 Å². The Morgan fingerprint density at radius 3 is 3.06 bits per heavy atom. The van der Waals surface area contributed by atoms with Crippen LogP contribution >= 0.6 is 0 Å². The van der Waals surface area contributed by atoms with Crippen molar-refractivity contribution >= 4 is 5.97 Å². The van der Waals surface area contributed by atoms with Gasteiger partial charge in [0.05, 0.1) is 0 Å². The van der Waals surface area contributed by atoms with E-state index in [9.17, 15) is 4.79 Å². The average Bonchev–Trinajstić information content (AvgIpc) is 2.78. The topological polar surface area (TPSA) is 89.1 Å². The third-order valence-corrected chi connectivity index (χ3v) is 2.51. The van der Waals surface area contributed by atoms with Crippen LogP contribution in [0.4, 0.5) is 0 Å². The summed E-state index contributed by atoms with van der Waals surface area (Å²) < 4.78 is 5.08. The van der Waals surface area contributed by atoms with Crippen molar-refractivity contribution in [1.29, 1.82) is 0 Å². The van der Waals surface area contributed by atoms with Gasteiger partial charge in [-0.05, 0) is 25.0 Å². The Balaban J connectivity index is 2.06. The number of pyridine rings is 1. The maximum atomic E-state index is 10.4. The molecule has 2 aromatic heterocycles. The maximum absolute atomic E-state index is 10.4. The number of nitrogens with zero attached hydrogens (tertiary/aromatic N) is 3. The Hall–Kier alpha value is -2.24. The van der Waals surface area contributed by atoms with Gasteiger partial charge >= 0.3 is 5.97 Å². The van der Waals surface area contributed by atoms with Crippen molar-refractivity contribution in [2.45, 2.75) is 26.2 Å². The Morgan fingerprint density at radius 1 is 1.50 bits per heavy atom. The van der Waals surface area contributed by atoms with Crippen LogP contribution in [0.3, 0.4) is 0 Å². The van der Waals surface area contributed by atoms with Gasteiger partial charge in [0.15, 0.2) is 0 Å². The van der Waals surface area contributed by atoms with Gasteiger partial charge in [-0.1, -0.05) is 5.16 Å². The molecule has 2 rings (SSSR count). The minimum absolute atomic E-state index is 0.103. The van der Waals surface area contributed by atoms with Crippen LogP contribution < -0.4 is 0 Å². The molecule has 0 aliphatic rings. The summed E-state index contributed by atoms with van der Waals surface area (Å²) in [5, 5.41) is 12.4. The molecule has 0 amide bonds. The molecule has 0 aromatic carbocycles. The molecule has 6 nitrogen and oxygen atoms in total. The first-order valence-corrected chi connectivity index (χ1v) is 5.62. The van der Waals surface area contributed by atoms with Crippen molar-refractivity contribution in [3.8, 4) is 11.4 Å². The lowest BCUT2D eigenvalue weighted by Crippen LogP contribution is -1.96. The Labute approximate surface area is 104 Å². The Morgan fingerprint density at radius 2 is 2.33 bits per heavy atom. The van der Waals surface area contributed by atoms with Gasteiger partial charge < -0.3 is 9.63 Å². The van der Waals surface area contributed by atoms with Gasteiger partial charge in [0.2, 0.25) is 11.7 Å². The molecule has 94 valence electrons. The van der Waals surface area contributed by atoms with E-state index in [0.717, 1.165) is 11.1 Å². The number of aromatic nitrogens is 3. The molecule has 0 unspecified atom stereocenters. The fourth-order valence-corrected chi connectivity index (χ4v) is 1.58. The standard InChI is InChI=1S/C12H13N3O3/c1-8-7-13-6-5-9(8)12-14-10(18-15-12)3-2-4-11(16)17/h5-7H,2-4H2,1H3,(H,16,17). The number of aryl methyl sites for hydroxylation is 2. The first-order chi connectivity index (χ1) is 8.66. The van der Waals surface area contributed by atoms with E-state index in [-0.39, 0.29) is 6.42 Å². The van der Waals surface area contributed by atoms with Gasteiger partial charge in [-0.15, -0.1) is 0 Å². The summed E-state index contributed by atoms with van der Waals surface area (Å²) in [5.41, 5.74) is 1.84. The van der Waals surface area contributed by atoms with Crippen molar-refractivity contribution in [2.24, 2.45) is 0 Å². The van der Waals surface area contributed by atoms with Crippen LogP contribution in [0, 0.1) is 6.92 Å². The zero-order chi connectivity index (χ0) is 13.0. The highest BCUT2D eigenvalue weighted by molar-refractivity contribution is 5.66. The van der Waals surface area contributed by atoms with E-state index < -0.39 is 5.97 Å². The van der Waals surface area contributed by atoms with E-state index in [1.165, 1.54) is 0 Å². The number of carboxylic acid groups (broad SMARTS) is 1. The lowest BCUT2D eigenvalue weighted by atomic mass is 10.1. The number of rotatable bonds is 5. The molecule has 0 radical (unpaired) electrons. The van der Waals surface area contributed by atoms with Gasteiger partial charge in [-0.3, -0.25) is 9.78 Å². The monoisotopic (exact) mass is 247 g/mol. The molecule has 2 heterocycles. The van der Waals surface area contributed by atoms with Gasteiger partial charge in [0, 0.05) is 30.8 Å². The molecule has 0 atom stereocenters. The molecule has 0 spiro atoms. The first-order valence-electron chi connectivity index (χ1n) is 5.62. The summed E-state index contributed by atoms with van der Waals surface area (Å²) in [6.07, 6.45) is 4.47. The highest BCUT2D eigenvalue weighted by atomic mass is 16.5. The third-order valence-electron chi connectivity index (χ3n) is 2.51. The number of aliphatic carboxylic acids is 1. The molecular formula is C12H13N3O3. The van der Waals surface area contributed by atoms with Crippen LogP contribution in [0.25, 0.3) is 11.4 Å². The molecule has 2 aromatic rings. The van der Waals surface area contributed by atoms with Crippen LogP contribution in [-0.4, -0.2) is 26.2 Å². The predicted octanol–water partition coefficient (Wildman–Crippen LogP) is 1.85. The van der Waals surface area contributed by atoms with Crippen LogP contribution in [-0.2, 0) is 11.2 Å². The van der Waals surface area contributed by atoms with E-state index in [4.69, 9.17) is 9.63 Å². The van der Waals surface area contributed by atoms with Crippen LogP contribution in [0.1, 0.15) is 24.3 Å². The number of hydrogen-bond acceptors (Lipinski definition) is 5. The maximum Gasteiger partial charge on any atom is 0.303 e. The summed E-state index contributed by atoms with van der Waals surface area (Å²) in [7, 11) is 0. The molecule has 0 aliphatic heterocycles. The quantitative estimate of drug-likeness (QED) is 0.867. The second-order valence-corrected chi connectivity index (χ2v) is 3.95. The lowest BCUT2D eigenvalue weighted by Gasteiger charge is -1.97. The first kappa shape index (κ1) is 12.2. The number of carboxylic acids is 1. The van der Waals surface area contributed by atoms with E-state index in [2.05, 4.69) is 15.1 Å². The third kappa shape index (κ3) is 2.91. The predicted molar refractivity (Wildman–Crippen MR) is 62.8 cm³/mol. The number of hydrogen-bond donors (Lipinski definition) is 1. The summed E-state index contributed by atoms with van der Waals surface area (Å²) in [6.45, 7) is 1.92. The molecule has 0 bridgehead atoms. The second kappa shape index (κ2) is 5.39. The molecule has 18 heavy (non-hydrogen) atoms. The molecule has 6 heteroatoms. The van der Waals surface area contributed by atoms with Crippen molar-refractivity contribution in [3.63, 3.8) is 0 Å². The zero-order valence-corrected chi connectivity index (χ0v) is 9.96. The molecule has 0 saturated heterocycles. The molecule has 1 N–H and O–H groups in total. The smallest absolute Gasteiger partial charge is 0.303 e. The van der Waals surface area contributed by atoms with Crippen molar-refractivity contribution < 1.29 is 14.4 Å². The fourth-order valence-electron chi connectivity index (χ4n) is 1.58. The average molecular weight is 247 g/mol. The van der Waals surface area contributed by atoms with E-state index in [1.54, 1.807) is 12.4 Å². The highest BCUT2D eigenvalue weighted by Gasteiger charge is 2.10. The van der Waals surface area contributed by atoms with Gasteiger partial charge in [0.25, 0.3) is 0 Å². The molecule has 0 aliphatic carbocycles. The largest absolute Gasteiger partial charge is 0.481 e. The van der Waals surface area contributed by atoms with Crippen LogP contribution in [0.5, 0.6) is 0 Å². The second-order valence-electron chi connectivity index (χ2n) is 3.95. The lowest BCUT2D eigenvalue weighted by molar-refractivity contribution is -0.137. The fraction of sp³-hybridized carbons (Fsp3) is 0.333. The molecule has 0 fully saturated rings. The van der Waals surface area contributed by atoms with Crippen LogP contribution in [0.15, 0.2) is 23.0 Å². The van der Waals surface area contributed by atoms with Gasteiger partial charge in [-0.2, -0.15) is 4.98 Å². The normalized spacial score (nSPS) is 10.5.